The van der Waals surface area contributed by atoms with E-state index in [4.69, 9.17) is 14.2 Å². The van der Waals surface area contributed by atoms with Crippen molar-refractivity contribution < 1.29 is 23.8 Å². The molecule has 0 heterocycles. The van der Waals surface area contributed by atoms with E-state index in [0.717, 1.165) is 16.9 Å². The predicted molar refractivity (Wildman–Crippen MR) is 96.9 cm³/mol. The molecule has 0 bridgehead atoms. The van der Waals surface area contributed by atoms with Crippen LogP contribution in [0.1, 0.15) is 18.1 Å². The molecule has 0 aliphatic carbocycles. The molecule has 0 saturated carbocycles. The summed E-state index contributed by atoms with van der Waals surface area (Å²) in [4.78, 5) is 24.0. The van der Waals surface area contributed by atoms with Crippen molar-refractivity contribution in [2.75, 3.05) is 13.7 Å². The van der Waals surface area contributed by atoms with Crippen molar-refractivity contribution in [2.45, 2.75) is 26.0 Å². The van der Waals surface area contributed by atoms with Crippen molar-refractivity contribution in [1.82, 2.24) is 5.32 Å². The third-order valence-electron chi connectivity index (χ3n) is 3.66. The number of rotatable bonds is 8. The van der Waals surface area contributed by atoms with E-state index < -0.39 is 18.1 Å². The first kappa shape index (κ1) is 19.3. The molecule has 0 fully saturated rings. The highest BCUT2D eigenvalue weighted by atomic mass is 16.6. The normalized spacial score (nSPS) is 11.3. The first-order valence-corrected chi connectivity index (χ1v) is 8.39. The van der Waals surface area contributed by atoms with E-state index in [1.165, 1.54) is 7.11 Å². The van der Waals surface area contributed by atoms with E-state index in [2.05, 4.69) is 5.32 Å². The van der Waals surface area contributed by atoms with Crippen LogP contribution in [0.25, 0.3) is 0 Å². The van der Waals surface area contributed by atoms with Gasteiger partial charge in [0.1, 0.15) is 18.4 Å². The van der Waals surface area contributed by atoms with Gasteiger partial charge in [-0.25, -0.2) is 9.59 Å². The molecule has 1 N–H and O–H groups in total. The summed E-state index contributed by atoms with van der Waals surface area (Å²) >= 11 is 0. The summed E-state index contributed by atoms with van der Waals surface area (Å²) in [6.07, 6.45) is -0.380. The number of nitrogens with one attached hydrogen (secondary N) is 1. The zero-order valence-corrected chi connectivity index (χ0v) is 14.9. The Kier molecular flexibility index (Phi) is 7.49. The van der Waals surface area contributed by atoms with Gasteiger partial charge in [-0.15, -0.1) is 0 Å². The lowest BCUT2D eigenvalue weighted by Gasteiger charge is -2.17. The fraction of sp³-hybridized carbons (Fsp3) is 0.300. The van der Waals surface area contributed by atoms with Gasteiger partial charge in [0, 0.05) is 6.42 Å². The largest absolute Gasteiger partial charge is 0.494 e. The maximum atomic E-state index is 12.0. The van der Waals surface area contributed by atoms with Crippen molar-refractivity contribution in [2.24, 2.45) is 0 Å². The highest BCUT2D eigenvalue weighted by molar-refractivity contribution is 5.81. The average molecular weight is 357 g/mol. The zero-order valence-electron chi connectivity index (χ0n) is 14.9. The number of methoxy groups -OCH3 is 1. The Morgan fingerprint density at radius 3 is 2.31 bits per heavy atom. The minimum atomic E-state index is -0.832. The molecular weight excluding hydrogens is 334 g/mol. The Labute approximate surface area is 153 Å². The van der Waals surface area contributed by atoms with E-state index in [1.54, 1.807) is 0 Å². The molecule has 138 valence electrons. The smallest absolute Gasteiger partial charge is 0.408 e. The molecular formula is C20H23NO5. The van der Waals surface area contributed by atoms with E-state index >= 15 is 0 Å². The van der Waals surface area contributed by atoms with E-state index in [0.29, 0.717) is 13.0 Å². The van der Waals surface area contributed by atoms with Gasteiger partial charge in [0.25, 0.3) is 0 Å². The minimum Gasteiger partial charge on any atom is -0.494 e. The molecule has 2 aromatic rings. The molecule has 6 heteroatoms. The SMILES string of the molecule is CCOc1ccc(CC(NC(=O)OCc2ccccc2)C(=O)OC)cc1. The summed E-state index contributed by atoms with van der Waals surface area (Å²) in [6.45, 7) is 2.62. The van der Waals surface area contributed by atoms with E-state index in [-0.39, 0.29) is 6.61 Å². The van der Waals surface area contributed by atoms with E-state index in [9.17, 15) is 9.59 Å². The fourth-order valence-corrected chi connectivity index (χ4v) is 2.37. The van der Waals surface area contributed by atoms with Crippen molar-refractivity contribution in [3.8, 4) is 5.75 Å². The number of amides is 1. The molecule has 2 aromatic carbocycles. The van der Waals surface area contributed by atoms with Crippen molar-refractivity contribution in [3.05, 3.63) is 65.7 Å². The first-order chi connectivity index (χ1) is 12.6. The molecule has 0 aromatic heterocycles. The second-order valence-corrected chi connectivity index (χ2v) is 5.56. The molecule has 1 unspecified atom stereocenters. The van der Waals surface area contributed by atoms with Crippen LogP contribution < -0.4 is 10.1 Å². The van der Waals surface area contributed by atoms with Gasteiger partial charge in [-0.2, -0.15) is 0 Å². The van der Waals surface area contributed by atoms with Gasteiger partial charge in [-0.3, -0.25) is 0 Å². The molecule has 0 aliphatic rings. The Morgan fingerprint density at radius 1 is 1.00 bits per heavy atom. The molecule has 0 spiro atoms. The van der Waals surface area contributed by atoms with Gasteiger partial charge in [0.05, 0.1) is 13.7 Å². The van der Waals surface area contributed by atoms with E-state index in [1.807, 2.05) is 61.5 Å². The van der Waals surface area contributed by atoms with Crippen LogP contribution in [0.2, 0.25) is 0 Å². The Morgan fingerprint density at radius 2 is 1.69 bits per heavy atom. The van der Waals surface area contributed by atoms with Crippen LogP contribution in [-0.2, 0) is 27.3 Å². The third kappa shape index (κ3) is 6.12. The molecule has 1 amide bonds. The van der Waals surface area contributed by atoms with Crippen LogP contribution in [0.4, 0.5) is 4.79 Å². The number of esters is 1. The van der Waals surface area contributed by atoms with Crippen molar-refractivity contribution >= 4 is 12.1 Å². The third-order valence-corrected chi connectivity index (χ3v) is 3.66. The summed E-state index contributed by atoms with van der Waals surface area (Å²) in [5.74, 6) is 0.219. The molecule has 6 nitrogen and oxygen atoms in total. The topological polar surface area (TPSA) is 73.9 Å². The van der Waals surface area contributed by atoms with Crippen LogP contribution >= 0.6 is 0 Å². The van der Waals surface area contributed by atoms with Gasteiger partial charge < -0.3 is 19.5 Å². The number of ether oxygens (including phenoxy) is 3. The second-order valence-electron chi connectivity index (χ2n) is 5.56. The van der Waals surface area contributed by atoms with Crippen LogP contribution in [0.3, 0.4) is 0 Å². The van der Waals surface area contributed by atoms with Gasteiger partial charge in [0.2, 0.25) is 0 Å². The van der Waals surface area contributed by atoms with Crippen LogP contribution in [0.15, 0.2) is 54.6 Å². The lowest BCUT2D eigenvalue weighted by Crippen LogP contribution is -2.43. The summed E-state index contributed by atoms with van der Waals surface area (Å²) in [5.41, 5.74) is 1.73. The lowest BCUT2D eigenvalue weighted by molar-refractivity contribution is -0.143. The minimum absolute atomic E-state index is 0.129. The van der Waals surface area contributed by atoms with Crippen molar-refractivity contribution in [1.29, 1.82) is 0 Å². The standard InChI is InChI=1S/C20H23NO5/c1-3-25-17-11-9-15(10-12-17)13-18(19(22)24-2)21-20(23)26-14-16-7-5-4-6-8-16/h4-12,18H,3,13-14H2,1-2H3,(H,21,23). The van der Waals surface area contributed by atoms with Crippen LogP contribution in [0, 0.1) is 0 Å². The number of carbonyl (C=O) groups is 2. The fourth-order valence-electron chi connectivity index (χ4n) is 2.37. The van der Waals surface area contributed by atoms with Gasteiger partial charge in [0.15, 0.2) is 0 Å². The second kappa shape index (κ2) is 10.1. The molecule has 1 atom stereocenters. The zero-order chi connectivity index (χ0) is 18.8. The molecule has 0 saturated heterocycles. The molecule has 0 radical (unpaired) electrons. The predicted octanol–water partition coefficient (Wildman–Crippen LogP) is 3.10. The summed E-state index contributed by atoms with van der Waals surface area (Å²) in [5, 5.41) is 2.56. The maximum Gasteiger partial charge on any atom is 0.408 e. The van der Waals surface area contributed by atoms with Crippen LogP contribution in [-0.4, -0.2) is 31.8 Å². The molecule has 0 aliphatic heterocycles. The molecule has 26 heavy (non-hydrogen) atoms. The average Bonchev–Trinajstić information content (AvgIpc) is 2.67. The van der Waals surface area contributed by atoms with Gasteiger partial charge in [-0.1, -0.05) is 42.5 Å². The molecule has 2 rings (SSSR count). The number of hydrogen-bond acceptors (Lipinski definition) is 5. The monoisotopic (exact) mass is 357 g/mol. The number of benzene rings is 2. The Hall–Kier alpha value is -3.02. The Bertz CT molecular complexity index is 700. The Balaban J connectivity index is 1.93. The highest BCUT2D eigenvalue weighted by Gasteiger charge is 2.22. The maximum absolute atomic E-state index is 12.0. The summed E-state index contributed by atoms with van der Waals surface area (Å²) in [7, 11) is 1.28. The lowest BCUT2D eigenvalue weighted by atomic mass is 10.1. The number of carbonyl (C=O) groups excluding carboxylic acids is 2. The highest BCUT2D eigenvalue weighted by Crippen LogP contribution is 2.14. The quantitative estimate of drug-likeness (QED) is 0.735. The van der Waals surface area contributed by atoms with Gasteiger partial charge >= 0.3 is 12.1 Å². The summed E-state index contributed by atoms with van der Waals surface area (Å²) < 4.78 is 15.3. The summed E-state index contributed by atoms with van der Waals surface area (Å²) in [6, 6.07) is 15.8. The number of alkyl carbamates (subject to hydrolysis) is 1. The van der Waals surface area contributed by atoms with Gasteiger partial charge in [-0.05, 0) is 30.2 Å². The van der Waals surface area contributed by atoms with Crippen LogP contribution in [0.5, 0.6) is 5.75 Å². The number of hydrogen-bond donors (Lipinski definition) is 1. The van der Waals surface area contributed by atoms with Crippen molar-refractivity contribution in [3.63, 3.8) is 0 Å². The first-order valence-electron chi connectivity index (χ1n) is 8.39.